The molecule has 1 aliphatic carbocycles. The quantitative estimate of drug-likeness (QED) is 0.809. The minimum atomic E-state index is -0.215. The van der Waals surface area contributed by atoms with Crippen molar-refractivity contribution in [3.63, 3.8) is 0 Å². The summed E-state index contributed by atoms with van der Waals surface area (Å²) in [7, 11) is 0. The van der Waals surface area contributed by atoms with Crippen LogP contribution in [-0.2, 0) is 12.8 Å². The van der Waals surface area contributed by atoms with Crippen LogP contribution in [0, 0.1) is 0 Å². The van der Waals surface area contributed by atoms with Gasteiger partial charge in [0.05, 0.1) is 6.04 Å². The van der Waals surface area contributed by atoms with Gasteiger partial charge in [0.25, 0.3) is 5.91 Å². The third kappa shape index (κ3) is 2.48. The van der Waals surface area contributed by atoms with Gasteiger partial charge in [-0.3, -0.25) is 9.20 Å². The van der Waals surface area contributed by atoms with Crippen LogP contribution in [-0.4, -0.2) is 20.5 Å². The SMILES string of the molecule is C[C@H](NC(=O)c1ccc2c(c1)CCC2)c1nnc2ccccn12. The summed E-state index contributed by atoms with van der Waals surface area (Å²) in [5.74, 6) is 0.662. The summed E-state index contributed by atoms with van der Waals surface area (Å²) >= 11 is 0. The van der Waals surface area contributed by atoms with Gasteiger partial charge in [-0.2, -0.15) is 0 Å². The zero-order valence-electron chi connectivity index (χ0n) is 13.0. The van der Waals surface area contributed by atoms with Gasteiger partial charge in [0.15, 0.2) is 11.5 Å². The van der Waals surface area contributed by atoms with Crippen LogP contribution < -0.4 is 5.32 Å². The van der Waals surface area contributed by atoms with Crippen molar-refractivity contribution in [2.75, 3.05) is 0 Å². The number of carbonyl (C=O) groups is 1. The first kappa shape index (κ1) is 13.9. The van der Waals surface area contributed by atoms with Crippen LogP contribution in [0.25, 0.3) is 5.65 Å². The fourth-order valence-corrected chi connectivity index (χ4v) is 3.21. The maximum Gasteiger partial charge on any atom is 0.251 e. The Morgan fingerprint density at radius 3 is 2.96 bits per heavy atom. The van der Waals surface area contributed by atoms with E-state index in [2.05, 4.69) is 21.6 Å². The van der Waals surface area contributed by atoms with Crippen LogP contribution in [0.15, 0.2) is 42.6 Å². The van der Waals surface area contributed by atoms with E-state index in [1.165, 1.54) is 17.5 Å². The first-order chi connectivity index (χ1) is 11.2. The molecule has 1 atom stereocenters. The maximum atomic E-state index is 12.5. The molecule has 0 saturated heterocycles. The Morgan fingerprint density at radius 2 is 2.04 bits per heavy atom. The number of aryl methyl sites for hydroxylation is 2. The Bertz CT molecular complexity index is 884. The smallest absolute Gasteiger partial charge is 0.251 e. The molecule has 0 radical (unpaired) electrons. The lowest BCUT2D eigenvalue weighted by Crippen LogP contribution is -2.28. The Kier molecular flexibility index (Phi) is 3.33. The molecule has 5 nitrogen and oxygen atoms in total. The van der Waals surface area contributed by atoms with Gasteiger partial charge in [0, 0.05) is 11.8 Å². The van der Waals surface area contributed by atoms with Crippen LogP contribution in [0.1, 0.15) is 46.7 Å². The van der Waals surface area contributed by atoms with E-state index in [4.69, 9.17) is 0 Å². The van der Waals surface area contributed by atoms with Gasteiger partial charge in [-0.05, 0) is 61.6 Å². The number of amides is 1. The highest BCUT2D eigenvalue weighted by molar-refractivity contribution is 5.94. The van der Waals surface area contributed by atoms with E-state index in [1.807, 2.05) is 47.9 Å². The second kappa shape index (κ2) is 5.50. The molecular weight excluding hydrogens is 288 g/mol. The van der Waals surface area contributed by atoms with Crippen LogP contribution in [0.5, 0.6) is 0 Å². The predicted octanol–water partition coefficient (Wildman–Crippen LogP) is 2.71. The summed E-state index contributed by atoms with van der Waals surface area (Å²) in [5.41, 5.74) is 4.17. The fourth-order valence-electron chi connectivity index (χ4n) is 3.21. The maximum absolute atomic E-state index is 12.5. The van der Waals surface area contributed by atoms with E-state index in [0.29, 0.717) is 5.56 Å². The van der Waals surface area contributed by atoms with Gasteiger partial charge in [0.2, 0.25) is 0 Å². The molecule has 116 valence electrons. The van der Waals surface area contributed by atoms with Gasteiger partial charge in [-0.25, -0.2) is 0 Å². The number of fused-ring (bicyclic) bond motifs is 2. The van der Waals surface area contributed by atoms with Gasteiger partial charge in [-0.15, -0.1) is 10.2 Å². The second-order valence-electron chi connectivity index (χ2n) is 6.02. The molecule has 0 fully saturated rings. The van der Waals surface area contributed by atoms with Crippen molar-refractivity contribution in [1.29, 1.82) is 0 Å². The average Bonchev–Trinajstić information content (AvgIpc) is 3.20. The van der Waals surface area contributed by atoms with E-state index in [1.54, 1.807) is 0 Å². The van der Waals surface area contributed by atoms with Gasteiger partial charge < -0.3 is 5.32 Å². The summed E-state index contributed by atoms with van der Waals surface area (Å²) in [6.07, 6.45) is 5.28. The molecule has 1 amide bonds. The van der Waals surface area contributed by atoms with Crippen LogP contribution >= 0.6 is 0 Å². The third-order valence-corrected chi connectivity index (χ3v) is 4.44. The zero-order chi connectivity index (χ0) is 15.8. The first-order valence-electron chi connectivity index (χ1n) is 7.95. The van der Waals surface area contributed by atoms with E-state index in [-0.39, 0.29) is 11.9 Å². The summed E-state index contributed by atoms with van der Waals surface area (Å²) in [6.45, 7) is 1.93. The Morgan fingerprint density at radius 1 is 1.17 bits per heavy atom. The highest BCUT2D eigenvalue weighted by Gasteiger charge is 2.18. The molecule has 0 bridgehead atoms. The van der Waals surface area contributed by atoms with E-state index in [9.17, 15) is 4.79 Å². The normalized spacial score (nSPS) is 14.7. The Hall–Kier alpha value is -2.69. The largest absolute Gasteiger partial charge is 0.342 e. The number of carbonyl (C=O) groups excluding carboxylic acids is 1. The highest BCUT2D eigenvalue weighted by Crippen LogP contribution is 2.23. The monoisotopic (exact) mass is 306 g/mol. The molecule has 1 N–H and O–H groups in total. The van der Waals surface area contributed by atoms with Crippen LogP contribution in [0.2, 0.25) is 0 Å². The number of benzene rings is 1. The molecule has 1 aliphatic rings. The van der Waals surface area contributed by atoms with Crippen molar-refractivity contribution >= 4 is 11.6 Å². The van der Waals surface area contributed by atoms with E-state index in [0.717, 1.165) is 24.3 Å². The summed E-state index contributed by atoms with van der Waals surface area (Å²) < 4.78 is 1.90. The van der Waals surface area contributed by atoms with Gasteiger partial charge >= 0.3 is 0 Å². The van der Waals surface area contributed by atoms with Gasteiger partial charge in [-0.1, -0.05) is 12.1 Å². The van der Waals surface area contributed by atoms with E-state index < -0.39 is 0 Å². The standard InChI is InChI=1S/C18H18N4O/c1-12(17-21-20-16-7-2-3-10-22(16)17)19-18(23)15-9-8-13-5-4-6-14(13)11-15/h2-3,7-12H,4-6H2,1H3,(H,19,23)/t12-/m0/s1. The highest BCUT2D eigenvalue weighted by atomic mass is 16.1. The van der Waals surface area contributed by atoms with Crippen molar-refractivity contribution in [1.82, 2.24) is 19.9 Å². The topological polar surface area (TPSA) is 59.3 Å². The number of hydrogen-bond donors (Lipinski definition) is 1. The lowest BCUT2D eigenvalue weighted by atomic mass is 10.1. The minimum absolute atomic E-state index is 0.0696. The predicted molar refractivity (Wildman–Crippen MR) is 87.3 cm³/mol. The van der Waals surface area contributed by atoms with Crippen molar-refractivity contribution in [3.8, 4) is 0 Å². The number of aromatic nitrogens is 3. The molecule has 3 aromatic rings. The fraction of sp³-hybridized carbons (Fsp3) is 0.278. The molecule has 0 unspecified atom stereocenters. The lowest BCUT2D eigenvalue weighted by molar-refractivity contribution is 0.0938. The van der Waals surface area contributed by atoms with Crippen LogP contribution in [0.4, 0.5) is 0 Å². The van der Waals surface area contributed by atoms with Crippen molar-refractivity contribution < 1.29 is 4.79 Å². The summed E-state index contributed by atoms with van der Waals surface area (Å²) in [6, 6.07) is 11.5. The van der Waals surface area contributed by atoms with Crippen LogP contribution in [0.3, 0.4) is 0 Å². The van der Waals surface area contributed by atoms with Crippen molar-refractivity contribution in [2.45, 2.75) is 32.2 Å². The lowest BCUT2D eigenvalue weighted by Gasteiger charge is -2.13. The third-order valence-electron chi connectivity index (χ3n) is 4.44. The number of hydrogen-bond acceptors (Lipinski definition) is 3. The zero-order valence-corrected chi connectivity index (χ0v) is 13.0. The minimum Gasteiger partial charge on any atom is -0.342 e. The van der Waals surface area contributed by atoms with Crippen molar-refractivity contribution in [2.24, 2.45) is 0 Å². The number of nitrogens with one attached hydrogen (secondary N) is 1. The van der Waals surface area contributed by atoms with E-state index >= 15 is 0 Å². The molecule has 0 saturated carbocycles. The second-order valence-corrected chi connectivity index (χ2v) is 6.02. The molecule has 2 heterocycles. The molecule has 23 heavy (non-hydrogen) atoms. The van der Waals surface area contributed by atoms with Gasteiger partial charge in [0.1, 0.15) is 0 Å². The molecule has 4 rings (SSSR count). The molecule has 5 heteroatoms. The van der Waals surface area contributed by atoms with Crippen molar-refractivity contribution in [3.05, 3.63) is 65.1 Å². The Balaban J connectivity index is 1.56. The molecule has 1 aromatic carbocycles. The summed E-state index contributed by atoms with van der Waals surface area (Å²) in [4.78, 5) is 12.5. The molecule has 0 spiro atoms. The number of rotatable bonds is 3. The first-order valence-corrected chi connectivity index (χ1v) is 7.95. The number of pyridine rings is 1. The summed E-state index contributed by atoms with van der Waals surface area (Å²) in [5, 5.41) is 11.3. The average molecular weight is 306 g/mol. The molecule has 2 aromatic heterocycles. The number of nitrogens with zero attached hydrogens (tertiary/aromatic N) is 3. The molecular formula is C18H18N4O. The Labute approximate surface area is 134 Å². The molecule has 0 aliphatic heterocycles.